The molecule has 0 aliphatic carbocycles. The molecule has 35 heavy (non-hydrogen) atoms. The Kier molecular flexibility index (Phi) is 6.27. The van der Waals surface area contributed by atoms with E-state index in [9.17, 15) is 9.59 Å². The lowest BCUT2D eigenvalue weighted by atomic mass is 10.1. The molecule has 176 valence electrons. The van der Waals surface area contributed by atoms with E-state index in [4.69, 9.17) is 21.6 Å². The van der Waals surface area contributed by atoms with Gasteiger partial charge >= 0.3 is 0 Å². The maximum absolute atomic E-state index is 13.6. The fourth-order valence-electron chi connectivity index (χ4n) is 3.91. The zero-order valence-corrected chi connectivity index (χ0v) is 20.7. The van der Waals surface area contributed by atoms with Crippen LogP contribution >= 0.6 is 24.0 Å². The van der Waals surface area contributed by atoms with E-state index in [1.165, 1.54) is 9.30 Å². The molecule has 1 N–H and O–H groups in total. The third-order valence-corrected chi connectivity index (χ3v) is 7.16. The first kappa shape index (κ1) is 23.1. The molecule has 1 saturated heterocycles. The smallest absolute Gasteiger partial charge is 0.267 e. The van der Waals surface area contributed by atoms with Gasteiger partial charge in [-0.3, -0.25) is 18.9 Å². The van der Waals surface area contributed by atoms with Crippen LogP contribution in [0.3, 0.4) is 0 Å². The van der Waals surface area contributed by atoms with Crippen LogP contribution in [-0.2, 0) is 11.3 Å². The van der Waals surface area contributed by atoms with E-state index in [0.29, 0.717) is 32.0 Å². The largest absolute Gasteiger partial charge is 0.467 e. The van der Waals surface area contributed by atoms with Crippen molar-refractivity contribution in [2.45, 2.75) is 26.4 Å². The van der Waals surface area contributed by atoms with Crippen LogP contribution in [0.4, 0.5) is 5.82 Å². The number of pyridine rings is 1. The molecule has 1 aliphatic heterocycles. The predicted octanol–water partition coefficient (Wildman–Crippen LogP) is 5.17. The lowest BCUT2D eigenvalue weighted by molar-refractivity contribution is -0.122. The van der Waals surface area contributed by atoms with Crippen LogP contribution in [0.25, 0.3) is 11.7 Å². The van der Waals surface area contributed by atoms with Gasteiger partial charge in [-0.2, -0.15) is 0 Å². The molecule has 1 atom stereocenters. The number of fused-ring (bicyclic) bond motifs is 1. The van der Waals surface area contributed by atoms with Crippen LogP contribution < -0.4 is 10.9 Å². The molecule has 4 heterocycles. The van der Waals surface area contributed by atoms with Crippen molar-refractivity contribution in [1.29, 1.82) is 0 Å². The highest BCUT2D eigenvalue weighted by Crippen LogP contribution is 2.34. The van der Waals surface area contributed by atoms with E-state index in [1.807, 2.05) is 50.2 Å². The first-order chi connectivity index (χ1) is 16.9. The van der Waals surface area contributed by atoms with Crippen molar-refractivity contribution >= 4 is 51.7 Å². The number of amides is 1. The standard InChI is InChI=1S/C26H22N4O3S2/c1-16-8-6-12-29-23(16)28-22(27-17(2)18-9-4-3-5-10-18)20(24(29)31)14-21-25(32)30(26(34)35-21)15-19-11-7-13-33-19/h3-14,17,27H,15H2,1-2H3/b21-14-. The Balaban J connectivity index is 1.58. The van der Waals surface area contributed by atoms with Gasteiger partial charge in [0.15, 0.2) is 0 Å². The van der Waals surface area contributed by atoms with Crippen LogP contribution in [-0.4, -0.2) is 24.5 Å². The second-order valence-electron chi connectivity index (χ2n) is 8.19. The molecule has 0 bridgehead atoms. The zero-order chi connectivity index (χ0) is 24.5. The molecule has 9 heteroatoms. The molecule has 0 radical (unpaired) electrons. The van der Waals surface area contributed by atoms with E-state index in [2.05, 4.69) is 5.32 Å². The van der Waals surface area contributed by atoms with Gasteiger partial charge in [-0.05, 0) is 49.2 Å². The fraction of sp³-hybridized carbons (Fsp3) is 0.154. The van der Waals surface area contributed by atoms with Crippen molar-refractivity contribution in [1.82, 2.24) is 14.3 Å². The highest BCUT2D eigenvalue weighted by Gasteiger charge is 2.33. The van der Waals surface area contributed by atoms with E-state index in [0.717, 1.165) is 22.9 Å². The number of anilines is 1. The second-order valence-corrected chi connectivity index (χ2v) is 9.86. The van der Waals surface area contributed by atoms with Crippen LogP contribution in [0.15, 0.2) is 81.2 Å². The molecule has 1 aliphatic rings. The number of carbonyl (C=O) groups is 1. The average molecular weight is 503 g/mol. The maximum Gasteiger partial charge on any atom is 0.267 e. The van der Waals surface area contributed by atoms with E-state index in [1.54, 1.807) is 36.7 Å². The topological polar surface area (TPSA) is 79.8 Å². The summed E-state index contributed by atoms with van der Waals surface area (Å²) in [6.45, 7) is 4.15. The lowest BCUT2D eigenvalue weighted by Crippen LogP contribution is -2.27. The van der Waals surface area contributed by atoms with Gasteiger partial charge in [-0.1, -0.05) is 60.4 Å². The molecule has 1 amide bonds. The Morgan fingerprint density at radius 1 is 1.14 bits per heavy atom. The molecule has 1 aromatic carbocycles. The quantitative estimate of drug-likeness (QED) is 0.288. The molecule has 7 nitrogen and oxygen atoms in total. The number of nitrogens with zero attached hydrogens (tertiary/aromatic N) is 3. The van der Waals surface area contributed by atoms with Crippen molar-refractivity contribution in [2.24, 2.45) is 0 Å². The summed E-state index contributed by atoms with van der Waals surface area (Å²) in [5.41, 5.74) is 2.52. The van der Waals surface area contributed by atoms with Crippen LogP contribution in [0.2, 0.25) is 0 Å². The number of nitrogens with one attached hydrogen (secondary N) is 1. The number of aryl methyl sites for hydroxylation is 1. The molecular formula is C26H22N4O3S2. The third-order valence-electron chi connectivity index (χ3n) is 5.78. The van der Waals surface area contributed by atoms with Gasteiger partial charge in [0, 0.05) is 12.2 Å². The second kappa shape index (κ2) is 9.52. The van der Waals surface area contributed by atoms with Gasteiger partial charge in [0.25, 0.3) is 11.5 Å². The van der Waals surface area contributed by atoms with Crippen molar-refractivity contribution in [3.05, 3.63) is 105 Å². The molecule has 1 fully saturated rings. The van der Waals surface area contributed by atoms with E-state index < -0.39 is 0 Å². The molecule has 5 rings (SSSR count). The van der Waals surface area contributed by atoms with E-state index >= 15 is 0 Å². The Morgan fingerprint density at radius 3 is 2.69 bits per heavy atom. The number of rotatable bonds is 6. The molecular weight excluding hydrogens is 480 g/mol. The van der Waals surface area contributed by atoms with Gasteiger partial charge in [0.05, 0.1) is 23.3 Å². The maximum atomic E-state index is 13.6. The molecule has 4 aromatic rings. The first-order valence-corrected chi connectivity index (χ1v) is 12.3. The first-order valence-electron chi connectivity index (χ1n) is 11.0. The van der Waals surface area contributed by atoms with Crippen LogP contribution in [0.5, 0.6) is 0 Å². The van der Waals surface area contributed by atoms with Crippen molar-refractivity contribution in [3.63, 3.8) is 0 Å². The monoisotopic (exact) mass is 502 g/mol. The minimum absolute atomic E-state index is 0.116. The number of thiocarbonyl (C=S) groups is 1. The van der Waals surface area contributed by atoms with Gasteiger partial charge < -0.3 is 9.73 Å². The fourth-order valence-corrected chi connectivity index (χ4v) is 5.14. The summed E-state index contributed by atoms with van der Waals surface area (Å²) in [5.74, 6) is 0.772. The van der Waals surface area contributed by atoms with Gasteiger partial charge in [-0.15, -0.1) is 0 Å². The summed E-state index contributed by atoms with van der Waals surface area (Å²) in [4.78, 5) is 33.4. The van der Waals surface area contributed by atoms with Crippen molar-refractivity contribution < 1.29 is 9.21 Å². The van der Waals surface area contributed by atoms with Gasteiger partial charge in [0.2, 0.25) is 0 Å². The SMILES string of the molecule is Cc1cccn2c(=O)c(/C=C3\SC(=S)N(Cc4ccco4)C3=O)c(NC(C)c3ccccc3)nc12. The Labute approximate surface area is 211 Å². The normalized spacial score (nSPS) is 15.8. The molecule has 1 unspecified atom stereocenters. The molecule has 0 spiro atoms. The van der Waals surface area contributed by atoms with Crippen LogP contribution in [0.1, 0.15) is 35.4 Å². The zero-order valence-electron chi connectivity index (χ0n) is 19.1. The summed E-state index contributed by atoms with van der Waals surface area (Å²) in [6.07, 6.45) is 4.82. The highest BCUT2D eigenvalue weighted by atomic mass is 32.2. The number of hydrogen-bond donors (Lipinski definition) is 1. The predicted molar refractivity (Wildman–Crippen MR) is 142 cm³/mol. The lowest BCUT2D eigenvalue weighted by Gasteiger charge is -2.18. The summed E-state index contributed by atoms with van der Waals surface area (Å²) in [7, 11) is 0. The number of hydrogen-bond acceptors (Lipinski definition) is 7. The average Bonchev–Trinajstić information content (AvgIpc) is 3.46. The molecule has 0 saturated carbocycles. The molecule has 3 aromatic heterocycles. The van der Waals surface area contributed by atoms with Crippen molar-refractivity contribution in [3.8, 4) is 0 Å². The summed E-state index contributed by atoms with van der Waals surface area (Å²) in [5, 5.41) is 3.38. The Hall–Kier alpha value is -3.69. The summed E-state index contributed by atoms with van der Waals surface area (Å²) in [6, 6.07) is 17.1. The number of aromatic nitrogens is 2. The van der Waals surface area contributed by atoms with Gasteiger partial charge in [0.1, 0.15) is 21.5 Å². The minimum Gasteiger partial charge on any atom is -0.467 e. The highest BCUT2D eigenvalue weighted by molar-refractivity contribution is 8.26. The van der Waals surface area contributed by atoms with Gasteiger partial charge in [-0.25, -0.2) is 4.98 Å². The third kappa shape index (κ3) is 4.52. The number of benzene rings is 1. The van der Waals surface area contributed by atoms with E-state index in [-0.39, 0.29) is 24.1 Å². The Morgan fingerprint density at radius 2 is 1.94 bits per heavy atom. The van der Waals surface area contributed by atoms with Crippen molar-refractivity contribution in [2.75, 3.05) is 5.32 Å². The van der Waals surface area contributed by atoms with Crippen LogP contribution in [0, 0.1) is 6.92 Å². The number of furan rings is 1. The minimum atomic E-state index is -0.271. The number of carbonyl (C=O) groups excluding carboxylic acids is 1. The Bertz CT molecular complexity index is 1510. The number of thioether (sulfide) groups is 1. The summed E-state index contributed by atoms with van der Waals surface area (Å²) < 4.78 is 7.29. The summed E-state index contributed by atoms with van der Waals surface area (Å²) >= 11 is 6.61.